The maximum absolute atomic E-state index is 13.4. The van der Waals surface area contributed by atoms with E-state index in [9.17, 15) is 4.39 Å². The highest BCUT2D eigenvalue weighted by atomic mass is 35.5. The molecule has 0 saturated carbocycles. The molecule has 108 valence electrons. The second kappa shape index (κ2) is 9.62. The quantitative estimate of drug-likeness (QED) is 0.673. The first kappa shape index (κ1) is 16.8. The van der Waals surface area contributed by atoms with Crippen LogP contribution in [0.25, 0.3) is 0 Å². The maximum atomic E-state index is 13.4. The summed E-state index contributed by atoms with van der Waals surface area (Å²) < 4.78 is 13.4. The summed E-state index contributed by atoms with van der Waals surface area (Å²) in [5.74, 6) is 1.89. The van der Waals surface area contributed by atoms with E-state index in [0.29, 0.717) is 6.04 Å². The molecule has 1 aromatic carbocycles. The van der Waals surface area contributed by atoms with Crippen molar-refractivity contribution >= 4 is 23.4 Å². The third-order valence-electron chi connectivity index (χ3n) is 2.85. The lowest BCUT2D eigenvalue weighted by Crippen LogP contribution is -2.34. The number of hydrogen-bond acceptors (Lipinski definition) is 2. The van der Waals surface area contributed by atoms with Gasteiger partial charge in [0.2, 0.25) is 0 Å². The van der Waals surface area contributed by atoms with Crippen LogP contribution in [0.15, 0.2) is 18.2 Å². The first-order chi connectivity index (χ1) is 9.19. The fourth-order valence-electron chi connectivity index (χ4n) is 1.88. The van der Waals surface area contributed by atoms with E-state index in [0.717, 1.165) is 30.7 Å². The van der Waals surface area contributed by atoms with Gasteiger partial charge in [-0.2, -0.15) is 11.8 Å². The third-order valence-corrected chi connectivity index (χ3v) is 4.61. The predicted molar refractivity (Wildman–Crippen MR) is 84.8 cm³/mol. The van der Waals surface area contributed by atoms with Crippen molar-refractivity contribution in [3.8, 4) is 0 Å². The molecule has 0 aliphatic carbocycles. The number of thioether (sulfide) groups is 1. The van der Waals surface area contributed by atoms with Crippen LogP contribution in [0, 0.1) is 5.82 Å². The van der Waals surface area contributed by atoms with E-state index in [-0.39, 0.29) is 10.8 Å². The molecule has 0 heterocycles. The standard InChI is InChI=1S/C15H23ClFNS/c1-3-8-18-13(11-19-9-4-2)10-12-6-5-7-14(17)15(12)16/h5-7,13,18H,3-4,8-11H2,1-2H3. The van der Waals surface area contributed by atoms with Gasteiger partial charge in [-0.25, -0.2) is 4.39 Å². The van der Waals surface area contributed by atoms with Gasteiger partial charge in [0.05, 0.1) is 5.02 Å². The van der Waals surface area contributed by atoms with Gasteiger partial charge in [-0.05, 0) is 43.2 Å². The van der Waals surface area contributed by atoms with Crippen molar-refractivity contribution in [2.75, 3.05) is 18.1 Å². The molecule has 0 spiro atoms. The lowest BCUT2D eigenvalue weighted by atomic mass is 10.1. The molecule has 1 N–H and O–H groups in total. The number of halogens is 2. The largest absolute Gasteiger partial charge is 0.313 e. The Labute approximate surface area is 125 Å². The van der Waals surface area contributed by atoms with Crippen LogP contribution in [0.5, 0.6) is 0 Å². The van der Waals surface area contributed by atoms with Crippen molar-refractivity contribution in [3.63, 3.8) is 0 Å². The van der Waals surface area contributed by atoms with Crippen molar-refractivity contribution in [1.82, 2.24) is 5.32 Å². The smallest absolute Gasteiger partial charge is 0.142 e. The van der Waals surface area contributed by atoms with Crippen molar-refractivity contribution in [2.24, 2.45) is 0 Å². The Balaban J connectivity index is 2.61. The van der Waals surface area contributed by atoms with Crippen molar-refractivity contribution in [1.29, 1.82) is 0 Å². The Kier molecular flexibility index (Phi) is 8.51. The minimum Gasteiger partial charge on any atom is -0.313 e. The molecule has 0 bridgehead atoms. The van der Waals surface area contributed by atoms with E-state index >= 15 is 0 Å². The van der Waals surface area contributed by atoms with Crippen molar-refractivity contribution < 1.29 is 4.39 Å². The van der Waals surface area contributed by atoms with Gasteiger partial charge in [0.1, 0.15) is 5.82 Å². The Hall–Kier alpha value is -0.250. The zero-order valence-corrected chi connectivity index (χ0v) is 13.3. The Morgan fingerprint density at radius 2 is 2.11 bits per heavy atom. The summed E-state index contributed by atoms with van der Waals surface area (Å²) in [7, 11) is 0. The second-order valence-electron chi connectivity index (χ2n) is 4.64. The highest BCUT2D eigenvalue weighted by Crippen LogP contribution is 2.21. The third kappa shape index (κ3) is 6.15. The molecular weight excluding hydrogens is 281 g/mol. The van der Waals surface area contributed by atoms with E-state index in [1.165, 1.54) is 18.2 Å². The number of nitrogens with one attached hydrogen (secondary N) is 1. The maximum Gasteiger partial charge on any atom is 0.142 e. The molecule has 1 aromatic rings. The fraction of sp³-hybridized carbons (Fsp3) is 0.600. The highest BCUT2D eigenvalue weighted by molar-refractivity contribution is 7.99. The summed E-state index contributed by atoms with van der Waals surface area (Å²) >= 11 is 7.96. The molecule has 4 heteroatoms. The molecule has 19 heavy (non-hydrogen) atoms. The van der Waals surface area contributed by atoms with Crippen molar-refractivity contribution in [2.45, 2.75) is 39.2 Å². The van der Waals surface area contributed by atoms with E-state index in [1.54, 1.807) is 6.07 Å². The molecule has 1 nitrogen and oxygen atoms in total. The monoisotopic (exact) mass is 303 g/mol. The highest BCUT2D eigenvalue weighted by Gasteiger charge is 2.13. The number of rotatable bonds is 9. The van der Waals surface area contributed by atoms with Crippen LogP contribution in [0.4, 0.5) is 4.39 Å². The van der Waals surface area contributed by atoms with Gasteiger partial charge in [-0.15, -0.1) is 0 Å². The molecule has 0 aromatic heterocycles. The van der Waals surface area contributed by atoms with E-state index in [1.807, 2.05) is 17.8 Å². The average Bonchev–Trinajstić information content (AvgIpc) is 2.41. The molecule has 1 atom stereocenters. The van der Waals surface area contributed by atoms with Gasteiger partial charge in [-0.3, -0.25) is 0 Å². The normalized spacial score (nSPS) is 12.6. The van der Waals surface area contributed by atoms with Crippen LogP contribution in [-0.2, 0) is 6.42 Å². The van der Waals surface area contributed by atoms with Gasteiger partial charge in [-0.1, -0.05) is 37.6 Å². The molecule has 0 radical (unpaired) electrons. The van der Waals surface area contributed by atoms with E-state index < -0.39 is 0 Å². The summed E-state index contributed by atoms with van der Waals surface area (Å²) in [4.78, 5) is 0. The molecule has 1 unspecified atom stereocenters. The van der Waals surface area contributed by atoms with Gasteiger partial charge in [0.15, 0.2) is 0 Å². The average molecular weight is 304 g/mol. The van der Waals surface area contributed by atoms with Crippen LogP contribution in [0.1, 0.15) is 32.3 Å². The first-order valence-corrected chi connectivity index (χ1v) is 8.46. The topological polar surface area (TPSA) is 12.0 Å². The molecule has 0 aliphatic heterocycles. The van der Waals surface area contributed by atoms with Gasteiger partial charge >= 0.3 is 0 Å². The number of hydrogen-bond donors (Lipinski definition) is 1. The summed E-state index contributed by atoms with van der Waals surface area (Å²) in [5, 5.41) is 3.79. The molecule has 1 rings (SSSR count). The lowest BCUT2D eigenvalue weighted by molar-refractivity contribution is 0.547. The Morgan fingerprint density at radius 1 is 1.32 bits per heavy atom. The van der Waals surface area contributed by atoms with Crippen LogP contribution in [0.2, 0.25) is 5.02 Å². The van der Waals surface area contributed by atoms with Crippen LogP contribution < -0.4 is 5.32 Å². The molecule has 0 fully saturated rings. The summed E-state index contributed by atoms with van der Waals surface area (Å²) in [6.45, 7) is 5.33. The van der Waals surface area contributed by atoms with Crippen LogP contribution in [0.3, 0.4) is 0 Å². The Bertz CT molecular complexity index is 373. The summed E-state index contributed by atoms with van der Waals surface area (Å²) in [6.07, 6.45) is 3.07. The summed E-state index contributed by atoms with van der Waals surface area (Å²) in [5.41, 5.74) is 0.896. The zero-order valence-electron chi connectivity index (χ0n) is 11.7. The van der Waals surface area contributed by atoms with Crippen LogP contribution in [-0.4, -0.2) is 24.1 Å². The zero-order chi connectivity index (χ0) is 14.1. The molecule has 0 saturated heterocycles. The Morgan fingerprint density at radius 3 is 2.79 bits per heavy atom. The molecular formula is C15H23ClFNS. The lowest BCUT2D eigenvalue weighted by Gasteiger charge is -2.19. The molecule has 0 aliphatic rings. The predicted octanol–water partition coefficient (Wildman–Crippen LogP) is 4.53. The van der Waals surface area contributed by atoms with Crippen molar-refractivity contribution in [3.05, 3.63) is 34.6 Å². The van der Waals surface area contributed by atoms with Gasteiger partial charge < -0.3 is 5.32 Å². The van der Waals surface area contributed by atoms with E-state index in [2.05, 4.69) is 19.2 Å². The molecule has 0 amide bonds. The van der Waals surface area contributed by atoms with Gasteiger partial charge in [0.25, 0.3) is 0 Å². The minimum atomic E-state index is -0.324. The van der Waals surface area contributed by atoms with Crippen LogP contribution >= 0.6 is 23.4 Å². The summed E-state index contributed by atoms with van der Waals surface area (Å²) in [6, 6.07) is 5.41. The van der Waals surface area contributed by atoms with Gasteiger partial charge in [0, 0.05) is 11.8 Å². The SMILES string of the molecule is CCCNC(CSCCC)Cc1cccc(F)c1Cl. The van der Waals surface area contributed by atoms with E-state index in [4.69, 9.17) is 11.6 Å². The second-order valence-corrected chi connectivity index (χ2v) is 6.17. The number of benzene rings is 1. The minimum absolute atomic E-state index is 0.270. The fourth-order valence-corrected chi connectivity index (χ4v) is 3.06. The first-order valence-electron chi connectivity index (χ1n) is 6.93.